The van der Waals surface area contributed by atoms with Gasteiger partial charge in [-0.1, -0.05) is 31.0 Å². The lowest BCUT2D eigenvalue weighted by molar-refractivity contribution is -0.452. The minimum Gasteiger partial charge on any atom is -0.432 e. The smallest absolute Gasteiger partial charge is 0.432 e. The second-order valence-corrected chi connectivity index (χ2v) is 4.29. The molecule has 0 spiro atoms. The van der Waals surface area contributed by atoms with Crippen LogP contribution in [0.3, 0.4) is 0 Å². The van der Waals surface area contributed by atoms with Crippen LogP contribution in [0.5, 0.6) is 0 Å². The maximum absolute atomic E-state index is 11.7. The van der Waals surface area contributed by atoms with E-state index in [4.69, 9.17) is 0 Å². The fraction of sp³-hybridized carbons (Fsp3) is 0.429. The molecule has 0 fully saturated rings. The number of hydrogen-bond acceptors (Lipinski definition) is 6. The van der Waals surface area contributed by atoms with Crippen molar-refractivity contribution in [3.8, 4) is 0 Å². The first-order chi connectivity index (χ1) is 9.54. The first-order valence-corrected chi connectivity index (χ1v) is 6.34. The van der Waals surface area contributed by atoms with Crippen LogP contribution >= 0.6 is 0 Å². The van der Waals surface area contributed by atoms with Gasteiger partial charge < -0.3 is 4.74 Å². The Morgan fingerprint density at radius 3 is 2.60 bits per heavy atom. The summed E-state index contributed by atoms with van der Waals surface area (Å²) in [5.41, 5.74) is 1.98. The van der Waals surface area contributed by atoms with E-state index in [0.29, 0.717) is 5.56 Å². The van der Waals surface area contributed by atoms with Gasteiger partial charge in [-0.25, -0.2) is 14.5 Å². The van der Waals surface area contributed by atoms with Gasteiger partial charge >= 0.3 is 12.1 Å². The Morgan fingerprint density at radius 1 is 1.15 bits per heavy atom. The molecule has 6 heteroatoms. The van der Waals surface area contributed by atoms with Crippen molar-refractivity contribution in [2.24, 2.45) is 0 Å². The van der Waals surface area contributed by atoms with Crippen molar-refractivity contribution in [2.45, 2.75) is 33.6 Å². The summed E-state index contributed by atoms with van der Waals surface area (Å²) in [6, 6.07) is 5.31. The van der Waals surface area contributed by atoms with E-state index in [0.717, 1.165) is 24.0 Å². The van der Waals surface area contributed by atoms with E-state index in [9.17, 15) is 9.59 Å². The van der Waals surface area contributed by atoms with Crippen LogP contribution in [0.25, 0.3) is 0 Å². The van der Waals surface area contributed by atoms with E-state index >= 15 is 0 Å². The molecule has 0 bridgehead atoms. The molecule has 1 aromatic carbocycles. The number of carbonyl (C=O) groups excluding carboxylic acids is 2. The molecule has 0 saturated heterocycles. The largest absolute Gasteiger partial charge is 0.543 e. The summed E-state index contributed by atoms with van der Waals surface area (Å²) in [4.78, 5) is 31.2. The third-order valence-corrected chi connectivity index (χ3v) is 2.54. The van der Waals surface area contributed by atoms with Crippen LogP contribution in [0, 0.1) is 13.8 Å². The molecule has 0 atom stereocenters. The van der Waals surface area contributed by atoms with Gasteiger partial charge in [-0.2, -0.15) is 0 Å². The monoisotopic (exact) mass is 282 g/mol. The highest BCUT2D eigenvalue weighted by Crippen LogP contribution is 2.12. The molecular formula is C14H18O6. The number of carbonyl (C=O) groups is 2. The Kier molecular flexibility index (Phi) is 6.52. The van der Waals surface area contributed by atoms with Gasteiger partial charge in [0.05, 0.1) is 17.2 Å². The molecule has 6 nitrogen and oxygen atoms in total. The van der Waals surface area contributed by atoms with Crippen molar-refractivity contribution in [1.82, 2.24) is 0 Å². The molecule has 0 aliphatic rings. The summed E-state index contributed by atoms with van der Waals surface area (Å²) in [5, 5.41) is 4.11. The highest BCUT2D eigenvalue weighted by molar-refractivity contribution is 5.90. The van der Waals surface area contributed by atoms with Gasteiger partial charge in [0.25, 0.3) is 0 Å². The second-order valence-electron chi connectivity index (χ2n) is 4.29. The van der Waals surface area contributed by atoms with Crippen LogP contribution in [-0.4, -0.2) is 18.7 Å². The number of hydrogen-bond donors (Lipinski definition) is 0. The maximum Gasteiger partial charge on any atom is 0.543 e. The average molecular weight is 282 g/mol. The standard InChI is InChI=1S/C14H18O6/c1-4-5-8-17-14(16)19-20-18-13(15)12-9-10(2)6-7-11(12)3/h6-7,9H,4-5,8H2,1-3H3. The third kappa shape index (κ3) is 5.27. The lowest BCUT2D eigenvalue weighted by Crippen LogP contribution is -2.13. The normalized spacial score (nSPS) is 9.95. The zero-order chi connectivity index (χ0) is 15.0. The van der Waals surface area contributed by atoms with Gasteiger partial charge in [-0.15, -0.1) is 0 Å². The Morgan fingerprint density at radius 2 is 1.90 bits per heavy atom. The lowest BCUT2D eigenvalue weighted by Gasteiger charge is -2.06. The molecule has 0 amide bonds. The Labute approximate surface area is 117 Å². The highest BCUT2D eigenvalue weighted by Gasteiger charge is 2.14. The number of unbranched alkanes of at least 4 members (excludes halogenated alkanes) is 1. The molecular weight excluding hydrogens is 264 g/mol. The summed E-state index contributed by atoms with van der Waals surface area (Å²) in [5.74, 6) is -0.743. The minimum atomic E-state index is -1.05. The van der Waals surface area contributed by atoms with Crippen LogP contribution in [0.4, 0.5) is 4.79 Å². The highest BCUT2D eigenvalue weighted by atomic mass is 17.5. The van der Waals surface area contributed by atoms with E-state index in [1.807, 2.05) is 19.9 Å². The molecule has 0 saturated carbocycles. The molecule has 1 aromatic rings. The zero-order valence-electron chi connectivity index (χ0n) is 11.8. The molecule has 0 aromatic heterocycles. The quantitative estimate of drug-likeness (QED) is 0.345. The van der Waals surface area contributed by atoms with E-state index in [2.05, 4.69) is 19.6 Å². The van der Waals surface area contributed by atoms with Gasteiger partial charge in [0.1, 0.15) is 0 Å². The van der Waals surface area contributed by atoms with Gasteiger partial charge in [0, 0.05) is 0 Å². The van der Waals surface area contributed by atoms with Gasteiger partial charge in [0.2, 0.25) is 0 Å². The molecule has 1 rings (SSSR count). The predicted octanol–water partition coefficient (Wildman–Crippen LogP) is 3.26. The molecule has 0 heterocycles. The fourth-order valence-electron chi connectivity index (χ4n) is 1.40. The zero-order valence-corrected chi connectivity index (χ0v) is 11.8. The predicted molar refractivity (Wildman–Crippen MR) is 69.8 cm³/mol. The number of rotatable bonds is 6. The van der Waals surface area contributed by atoms with Gasteiger partial charge in [-0.3, -0.25) is 4.89 Å². The van der Waals surface area contributed by atoms with Crippen molar-refractivity contribution in [3.05, 3.63) is 34.9 Å². The second kappa shape index (κ2) is 8.16. The number of ether oxygens (including phenoxy) is 1. The lowest BCUT2D eigenvalue weighted by atomic mass is 10.1. The molecule has 20 heavy (non-hydrogen) atoms. The fourth-order valence-corrected chi connectivity index (χ4v) is 1.40. The summed E-state index contributed by atoms with van der Waals surface area (Å²) in [6.45, 7) is 5.79. The van der Waals surface area contributed by atoms with Crippen molar-refractivity contribution in [2.75, 3.05) is 6.61 Å². The van der Waals surface area contributed by atoms with E-state index < -0.39 is 12.1 Å². The van der Waals surface area contributed by atoms with Crippen molar-refractivity contribution in [3.63, 3.8) is 0 Å². The molecule has 0 unspecified atom stereocenters. The van der Waals surface area contributed by atoms with Crippen molar-refractivity contribution in [1.29, 1.82) is 0 Å². The number of aryl methyl sites for hydroxylation is 2. The molecule has 0 N–H and O–H groups in total. The summed E-state index contributed by atoms with van der Waals surface area (Å²) in [6.07, 6.45) is 0.555. The van der Waals surface area contributed by atoms with Gasteiger partial charge in [-0.05, 0) is 31.9 Å². The molecule has 0 radical (unpaired) electrons. The average Bonchev–Trinajstić information content (AvgIpc) is 2.41. The summed E-state index contributed by atoms with van der Waals surface area (Å²) >= 11 is 0. The third-order valence-electron chi connectivity index (χ3n) is 2.54. The first-order valence-electron chi connectivity index (χ1n) is 6.34. The van der Waals surface area contributed by atoms with Gasteiger partial charge in [0.15, 0.2) is 0 Å². The van der Waals surface area contributed by atoms with Crippen LogP contribution in [-0.2, 0) is 19.6 Å². The van der Waals surface area contributed by atoms with E-state index in [-0.39, 0.29) is 6.61 Å². The number of benzene rings is 1. The SMILES string of the molecule is CCCCOC(=O)OOOC(=O)c1cc(C)ccc1C. The molecule has 0 aliphatic carbocycles. The maximum atomic E-state index is 11.7. The van der Waals surface area contributed by atoms with Crippen molar-refractivity contribution >= 4 is 12.1 Å². The van der Waals surface area contributed by atoms with E-state index in [1.54, 1.807) is 19.1 Å². The van der Waals surface area contributed by atoms with Crippen LogP contribution < -0.4 is 0 Å². The topological polar surface area (TPSA) is 71.1 Å². The molecule has 110 valence electrons. The van der Waals surface area contributed by atoms with Crippen LogP contribution in [0.2, 0.25) is 0 Å². The Balaban J connectivity index is 2.36. The Bertz CT molecular complexity index is 469. The summed E-state index contributed by atoms with van der Waals surface area (Å²) in [7, 11) is 0. The van der Waals surface area contributed by atoms with Crippen LogP contribution in [0.15, 0.2) is 18.2 Å². The first kappa shape index (κ1) is 16.0. The minimum absolute atomic E-state index is 0.226. The molecule has 0 aliphatic heterocycles. The van der Waals surface area contributed by atoms with Crippen LogP contribution in [0.1, 0.15) is 41.3 Å². The van der Waals surface area contributed by atoms with Crippen molar-refractivity contribution < 1.29 is 29.1 Å². The Hall–Kier alpha value is -2.08. The van der Waals surface area contributed by atoms with E-state index in [1.165, 1.54) is 0 Å². The summed E-state index contributed by atoms with van der Waals surface area (Å²) < 4.78 is 4.64.